The van der Waals surface area contributed by atoms with Crippen molar-refractivity contribution in [1.82, 2.24) is 0 Å². The van der Waals surface area contributed by atoms with Gasteiger partial charge in [-0.1, -0.05) is 37.3 Å². The van der Waals surface area contributed by atoms with Gasteiger partial charge in [0.25, 0.3) is 0 Å². The van der Waals surface area contributed by atoms with Crippen molar-refractivity contribution in [1.29, 1.82) is 5.26 Å². The van der Waals surface area contributed by atoms with E-state index in [-0.39, 0.29) is 12.1 Å². The van der Waals surface area contributed by atoms with Crippen LogP contribution in [-0.2, 0) is 11.2 Å². The topological polar surface area (TPSA) is 50.1 Å². The summed E-state index contributed by atoms with van der Waals surface area (Å²) in [5, 5.41) is 8.43. The number of hydrogen-bond acceptors (Lipinski definition) is 3. The highest BCUT2D eigenvalue weighted by Crippen LogP contribution is 2.27. The molecule has 1 aromatic carbocycles. The minimum Gasteiger partial charge on any atom is -0.459 e. The molecule has 1 aliphatic rings. The summed E-state index contributed by atoms with van der Waals surface area (Å²) in [5.41, 5.74) is 1.85. The minimum absolute atomic E-state index is 0.0210. The first-order valence-electron chi connectivity index (χ1n) is 8.25. The molecular formula is C20H23NO2. The quantitative estimate of drug-likeness (QED) is 0.454. The van der Waals surface area contributed by atoms with E-state index >= 15 is 0 Å². The highest BCUT2D eigenvalue weighted by Gasteiger charge is 2.22. The average molecular weight is 309 g/mol. The molecule has 1 aromatic rings. The molecule has 0 N–H and O–H groups in total. The highest BCUT2D eigenvalue weighted by atomic mass is 16.5. The van der Waals surface area contributed by atoms with Crippen LogP contribution in [0.4, 0.5) is 0 Å². The maximum atomic E-state index is 12.2. The van der Waals surface area contributed by atoms with Gasteiger partial charge in [-0.2, -0.15) is 5.26 Å². The molecule has 1 saturated carbocycles. The Morgan fingerprint density at radius 3 is 2.52 bits per heavy atom. The lowest BCUT2D eigenvalue weighted by atomic mass is 9.87. The first kappa shape index (κ1) is 17.0. The normalized spacial score (nSPS) is 21.4. The molecule has 3 nitrogen and oxygen atoms in total. The van der Waals surface area contributed by atoms with E-state index in [0.717, 1.165) is 32.1 Å². The number of allylic oxidation sites excluding steroid dienone is 4. The van der Waals surface area contributed by atoms with Crippen LogP contribution in [0.5, 0.6) is 0 Å². The summed E-state index contributed by atoms with van der Waals surface area (Å²) < 4.78 is 5.62. The summed E-state index contributed by atoms with van der Waals surface area (Å²) in [4.78, 5) is 12.2. The SMILES string of the molecule is CCc1ccc(C(=O)OC2CCC(/C=C/C=C/C#N)CC2)cc1. The zero-order valence-electron chi connectivity index (χ0n) is 13.6. The summed E-state index contributed by atoms with van der Waals surface area (Å²) in [5.74, 6) is 0.292. The maximum absolute atomic E-state index is 12.2. The van der Waals surface area contributed by atoms with Crippen LogP contribution in [0.3, 0.4) is 0 Å². The predicted molar refractivity (Wildman–Crippen MR) is 90.9 cm³/mol. The molecule has 0 heterocycles. The largest absolute Gasteiger partial charge is 0.459 e. The van der Waals surface area contributed by atoms with E-state index in [4.69, 9.17) is 10.00 Å². The van der Waals surface area contributed by atoms with E-state index in [9.17, 15) is 4.79 Å². The Hall–Kier alpha value is -2.34. The Morgan fingerprint density at radius 2 is 1.91 bits per heavy atom. The summed E-state index contributed by atoms with van der Waals surface area (Å²) in [6.45, 7) is 2.09. The molecule has 0 radical (unpaired) electrons. The molecule has 2 rings (SSSR count). The summed E-state index contributed by atoms with van der Waals surface area (Å²) in [6, 6.07) is 9.61. The molecule has 23 heavy (non-hydrogen) atoms. The molecule has 0 saturated heterocycles. The molecule has 0 aromatic heterocycles. The van der Waals surface area contributed by atoms with Gasteiger partial charge in [-0.3, -0.25) is 0 Å². The van der Waals surface area contributed by atoms with Gasteiger partial charge < -0.3 is 4.74 Å². The molecule has 1 fully saturated rings. The smallest absolute Gasteiger partial charge is 0.338 e. The number of benzene rings is 1. The van der Waals surface area contributed by atoms with E-state index in [0.29, 0.717) is 11.5 Å². The van der Waals surface area contributed by atoms with Gasteiger partial charge in [-0.05, 0) is 55.7 Å². The van der Waals surface area contributed by atoms with Crippen molar-refractivity contribution in [2.45, 2.75) is 45.1 Å². The Morgan fingerprint density at radius 1 is 1.22 bits per heavy atom. The molecule has 3 heteroatoms. The van der Waals surface area contributed by atoms with Crippen molar-refractivity contribution in [3.8, 4) is 6.07 Å². The number of carbonyl (C=O) groups is 1. The molecule has 0 bridgehead atoms. The van der Waals surface area contributed by atoms with E-state index in [1.807, 2.05) is 36.4 Å². The second-order valence-electron chi connectivity index (χ2n) is 5.87. The molecular weight excluding hydrogens is 286 g/mol. The van der Waals surface area contributed by atoms with Gasteiger partial charge in [0.2, 0.25) is 0 Å². The monoisotopic (exact) mass is 309 g/mol. The molecule has 0 amide bonds. The average Bonchev–Trinajstić information content (AvgIpc) is 2.60. The number of ether oxygens (including phenoxy) is 1. The van der Waals surface area contributed by atoms with Gasteiger partial charge in [0.15, 0.2) is 0 Å². The third kappa shape index (κ3) is 5.41. The predicted octanol–water partition coefficient (Wildman–Crippen LogP) is 4.60. The van der Waals surface area contributed by atoms with Gasteiger partial charge >= 0.3 is 5.97 Å². The standard InChI is InChI=1S/C20H23NO2/c1-2-16-7-11-18(12-8-16)20(22)23-19-13-9-17(10-14-19)6-4-3-5-15-21/h3-8,11-12,17,19H,2,9-10,13-14H2,1H3/b5-3+,6-4+. The van der Waals surface area contributed by atoms with Crippen molar-refractivity contribution in [2.75, 3.05) is 0 Å². The van der Waals surface area contributed by atoms with Crippen LogP contribution in [0.2, 0.25) is 0 Å². The van der Waals surface area contributed by atoms with Crippen LogP contribution in [0.1, 0.15) is 48.5 Å². The minimum atomic E-state index is -0.219. The van der Waals surface area contributed by atoms with Gasteiger partial charge in [0.05, 0.1) is 11.6 Å². The molecule has 0 aliphatic heterocycles. The Kier molecular flexibility index (Phi) is 6.62. The zero-order valence-corrected chi connectivity index (χ0v) is 13.6. The molecule has 1 aliphatic carbocycles. The van der Waals surface area contributed by atoms with Gasteiger partial charge in [-0.25, -0.2) is 4.79 Å². The highest BCUT2D eigenvalue weighted by molar-refractivity contribution is 5.89. The van der Waals surface area contributed by atoms with E-state index in [1.54, 1.807) is 6.08 Å². The maximum Gasteiger partial charge on any atom is 0.338 e. The van der Waals surface area contributed by atoms with Crippen LogP contribution in [-0.4, -0.2) is 12.1 Å². The zero-order chi connectivity index (χ0) is 16.5. The number of esters is 1. The van der Waals surface area contributed by atoms with E-state index < -0.39 is 0 Å². The third-order valence-corrected chi connectivity index (χ3v) is 4.26. The Bertz CT molecular complexity index is 600. The first-order valence-corrected chi connectivity index (χ1v) is 8.25. The fourth-order valence-electron chi connectivity index (χ4n) is 2.81. The number of nitriles is 1. The first-order chi connectivity index (χ1) is 11.2. The van der Waals surface area contributed by atoms with Crippen LogP contribution in [0, 0.1) is 17.2 Å². The van der Waals surface area contributed by atoms with Gasteiger partial charge in [0.1, 0.15) is 6.10 Å². The molecule has 0 spiro atoms. The van der Waals surface area contributed by atoms with Crippen LogP contribution >= 0.6 is 0 Å². The number of rotatable bonds is 5. The van der Waals surface area contributed by atoms with Crippen molar-refractivity contribution in [3.63, 3.8) is 0 Å². The second-order valence-corrected chi connectivity index (χ2v) is 5.87. The number of carbonyl (C=O) groups excluding carboxylic acids is 1. The molecule has 120 valence electrons. The Balaban J connectivity index is 1.79. The molecule has 0 unspecified atom stereocenters. The van der Waals surface area contributed by atoms with Crippen molar-refractivity contribution in [2.24, 2.45) is 5.92 Å². The Labute approximate surface area is 138 Å². The lowest BCUT2D eigenvalue weighted by Gasteiger charge is -2.26. The fraction of sp³-hybridized carbons (Fsp3) is 0.400. The fourth-order valence-corrected chi connectivity index (χ4v) is 2.81. The van der Waals surface area contributed by atoms with E-state index in [1.165, 1.54) is 11.6 Å². The third-order valence-electron chi connectivity index (χ3n) is 4.26. The van der Waals surface area contributed by atoms with Gasteiger partial charge in [0, 0.05) is 6.08 Å². The van der Waals surface area contributed by atoms with Crippen LogP contribution in [0.25, 0.3) is 0 Å². The van der Waals surface area contributed by atoms with Crippen molar-refractivity contribution < 1.29 is 9.53 Å². The molecule has 0 atom stereocenters. The van der Waals surface area contributed by atoms with E-state index in [2.05, 4.69) is 13.0 Å². The van der Waals surface area contributed by atoms with Crippen LogP contribution in [0.15, 0.2) is 48.6 Å². The van der Waals surface area contributed by atoms with Gasteiger partial charge in [-0.15, -0.1) is 0 Å². The van der Waals surface area contributed by atoms with Crippen molar-refractivity contribution >= 4 is 5.97 Å². The number of hydrogen-bond donors (Lipinski definition) is 0. The summed E-state index contributed by atoms with van der Waals surface area (Å²) in [6.07, 6.45) is 12.1. The number of nitrogens with zero attached hydrogens (tertiary/aromatic N) is 1. The summed E-state index contributed by atoms with van der Waals surface area (Å²) in [7, 11) is 0. The number of aryl methyl sites for hydroxylation is 1. The van der Waals surface area contributed by atoms with Crippen LogP contribution < -0.4 is 0 Å². The second kappa shape index (κ2) is 8.95. The van der Waals surface area contributed by atoms with Crippen molar-refractivity contribution in [3.05, 3.63) is 59.7 Å². The summed E-state index contributed by atoms with van der Waals surface area (Å²) >= 11 is 0. The lowest BCUT2D eigenvalue weighted by Crippen LogP contribution is -2.24. The lowest BCUT2D eigenvalue weighted by molar-refractivity contribution is 0.0185.